The van der Waals surface area contributed by atoms with Gasteiger partial charge in [-0.3, -0.25) is 0 Å². The standard InChI is InChI=1S/C13H17F2NO/c14-13(15)9-17-8-11-4-2-1-3-10(11)7-16-12-5-6-12/h1-4,12-13,16H,5-9H2. The first-order chi connectivity index (χ1) is 8.25. The predicted octanol–water partition coefficient (Wildman–Crippen LogP) is 2.72. The summed E-state index contributed by atoms with van der Waals surface area (Å²) >= 11 is 0. The van der Waals surface area contributed by atoms with Crippen LogP contribution >= 0.6 is 0 Å². The molecule has 0 aromatic heterocycles. The first-order valence-corrected chi connectivity index (χ1v) is 5.92. The molecule has 2 nitrogen and oxygen atoms in total. The number of nitrogens with one attached hydrogen (secondary N) is 1. The molecular weight excluding hydrogens is 224 g/mol. The van der Waals surface area contributed by atoms with Gasteiger partial charge in [-0.05, 0) is 24.0 Å². The fourth-order valence-corrected chi connectivity index (χ4v) is 1.67. The Morgan fingerprint density at radius 2 is 1.94 bits per heavy atom. The van der Waals surface area contributed by atoms with E-state index in [1.807, 2.05) is 24.3 Å². The zero-order valence-corrected chi connectivity index (χ0v) is 9.66. The average molecular weight is 241 g/mol. The third kappa shape index (κ3) is 4.40. The van der Waals surface area contributed by atoms with Crippen molar-refractivity contribution in [3.63, 3.8) is 0 Å². The molecule has 0 spiro atoms. The van der Waals surface area contributed by atoms with E-state index in [-0.39, 0.29) is 6.61 Å². The number of rotatable bonds is 7. The van der Waals surface area contributed by atoms with Gasteiger partial charge in [0.25, 0.3) is 6.43 Å². The maximum atomic E-state index is 12.0. The summed E-state index contributed by atoms with van der Waals surface area (Å²) in [7, 11) is 0. The second-order valence-corrected chi connectivity index (χ2v) is 4.33. The van der Waals surface area contributed by atoms with Crippen LogP contribution in [-0.4, -0.2) is 19.1 Å². The number of halogens is 2. The summed E-state index contributed by atoms with van der Waals surface area (Å²) in [5.74, 6) is 0. The Morgan fingerprint density at radius 1 is 1.24 bits per heavy atom. The minimum atomic E-state index is -2.40. The molecule has 0 amide bonds. The van der Waals surface area contributed by atoms with Crippen LogP contribution in [0.1, 0.15) is 24.0 Å². The zero-order chi connectivity index (χ0) is 12.1. The molecule has 0 unspecified atom stereocenters. The smallest absolute Gasteiger partial charge is 0.261 e. The molecule has 0 saturated heterocycles. The summed E-state index contributed by atoms with van der Waals surface area (Å²) in [5.41, 5.74) is 2.12. The first kappa shape index (κ1) is 12.5. The van der Waals surface area contributed by atoms with E-state index in [1.54, 1.807) is 0 Å². The van der Waals surface area contributed by atoms with Gasteiger partial charge in [0.05, 0.1) is 6.61 Å². The molecule has 94 valence electrons. The van der Waals surface area contributed by atoms with Crippen molar-refractivity contribution in [1.82, 2.24) is 5.32 Å². The predicted molar refractivity (Wildman–Crippen MR) is 62.0 cm³/mol. The van der Waals surface area contributed by atoms with E-state index in [9.17, 15) is 8.78 Å². The SMILES string of the molecule is FC(F)COCc1ccccc1CNC1CC1. The van der Waals surface area contributed by atoms with Crippen LogP contribution in [0.5, 0.6) is 0 Å². The molecule has 0 atom stereocenters. The molecule has 0 radical (unpaired) electrons. The van der Waals surface area contributed by atoms with Crippen LogP contribution in [0.15, 0.2) is 24.3 Å². The number of hydrogen-bond donors (Lipinski definition) is 1. The minimum absolute atomic E-state index is 0.257. The molecule has 1 aromatic carbocycles. The molecule has 1 saturated carbocycles. The van der Waals surface area contributed by atoms with Crippen molar-refractivity contribution in [3.05, 3.63) is 35.4 Å². The highest BCUT2D eigenvalue weighted by atomic mass is 19.3. The molecule has 1 N–H and O–H groups in total. The van der Waals surface area contributed by atoms with Gasteiger partial charge in [0.2, 0.25) is 0 Å². The van der Waals surface area contributed by atoms with Crippen molar-refractivity contribution in [3.8, 4) is 0 Å². The molecule has 1 aromatic rings. The van der Waals surface area contributed by atoms with Crippen LogP contribution in [0.2, 0.25) is 0 Å². The molecule has 0 heterocycles. The quantitative estimate of drug-likeness (QED) is 0.792. The lowest BCUT2D eigenvalue weighted by Gasteiger charge is -2.10. The summed E-state index contributed by atoms with van der Waals surface area (Å²) in [6, 6.07) is 8.44. The van der Waals surface area contributed by atoms with Crippen molar-refractivity contribution >= 4 is 0 Å². The molecule has 1 fully saturated rings. The first-order valence-electron chi connectivity index (χ1n) is 5.92. The van der Waals surface area contributed by atoms with Crippen molar-refractivity contribution in [1.29, 1.82) is 0 Å². The van der Waals surface area contributed by atoms with Gasteiger partial charge in [-0.25, -0.2) is 8.78 Å². The average Bonchev–Trinajstić information content (AvgIpc) is 3.11. The minimum Gasteiger partial charge on any atom is -0.371 e. The van der Waals surface area contributed by atoms with Gasteiger partial charge in [-0.15, -0.1) is 0 Å². The molecular formula is C13H17F2NO. The summed E-state index contributed by atoms with van der Waals surface area (Å²) in [4.78, 5) is 0. The fraction of sp³-hybridized carbons (Fsp3) is 0.538. The zero-order valence-electron chi connectivity index (χ0n) is 9.66. The number of benzene rings is 1. The molecule has 17 heavy (non-hydrogen) atoms. The van der Waals surface area contributed by atoms with Crippen molar-refractivity contribution in [2.24, 2.45) is 0 Å². The van der Waals surface area contributed by atoms with Crippen molar-refractivity contribution in [2.75, 3.05) is 6.61 Å². The van der Waals surface area contributed by atoms with Crippen LogP contribution in [0.4, 0.5) is 8.78 Å². The second kappa shape index (κ2) is 6.07. The van der Waals surface area contributed by atoms with Crippen LogP contribution in [0, 0.1) is 0 Å². The molecule has 4 heteroatoms. The van der Waals surface area contributed by atoms with E-state index in [4.69, 9.17) is 4.74 Å². The summed E-state index contributed by atoms with van der Waals surface area (Å²) in [6.45, 7) is 0.552. The van der Waals surface area contributed by atoms with Gasteiger partial charge in [-0.1, -0.05) is 24.3 Å². The monoisotopic (exact) mass is 241 g/mol. The van der Waals surface area contributed by atoms with E-state index < -0.39 is 13.0 Å². The molecule has 2 rings (SSSR count). The van der Waals surface area contributed by atoms with E-state index >= 15 is 0 Å². The third-order valence-corrected chi connectivity index (χ3v) is 2.78. The largest absolute Gasteiger partial charge is 0.371 e. The number of hydrogen-bond acceptors (Lipinski definition) is 2. The van der Waals surface area contributed by atoms with E-state index in [1.165, 1.54) is 12.8 Å². The maximum Gasteiger partial charge on any atom is 0.261 e. The Bertz CT molecular complexity index is 353. The van der Waals surface area contributed by atoms with Crippen LogP contribution in [0.3, 0.4) is 0 Å². The van der Waals surface area contributed by atoms with Gasteiger partial charge >= 0.3 is 0 Å². The Balaban J connectivity index is 1.85. The van der Waals surface area contributed by atoms with Crippen LogP contribution in [0.25, 0.3) is 0 Å². The van der Waals surface area contributed by atoms with Gasteiger partial charge in [0, 0.05) is 12.6 Å². The van der Waals surface area contributed by atoms with Crippen LogP contribution < -0.4 is 5.32 Å². The number of ether oxygens (including phenoxy) is 1. The Kier molecular flexibility index (Phi) is 4.45. The van der Waals surface area contributed by atoms with Gasteiger partial charge in [0.1, 0.15) is 6.61 Å². The topological polar surface area (TPSA) is 21.3 Å². The lowest BCUT2D eigenvalue weighted by atomic mass is 10.1. The van der Waals surface area contributed by atoms with Crippen LogP contribution in [-0.2, 0) is 17.9 Å². The summed E-state index contributed by atoms with van der Waals surface area (Å²) in [5, 5.41) is 3.41. The lowest BCUT2D eigenvalue weighted by molar-refractivity contribution is 0.00964. The van der Waals surface area contributed by atoms with Gasteiger partial charge in [-0.2, -0.15) is 0 Å². The van der Waals surface area contributed by atoms with E-state index in [0.29, 0.717) is 6.04 Å². The van der Waals surface area contributed by atoms with Gasteiger partial charge < -0.3 is 10.1 Å². The molecule has 0 aliphatic heterocycles. The van der Waals surface area contributed by atoms with Crippen molar-refractivity contribution < 1.29 is 13.5 Å². The van der Waals surface area contributed by atoms with E-state index in [2.05, 4.69) is 5.32 Å². The Labute approximate surface area is 100.0 Å². The molecule has 1 aliphatic rings. The lowest BCUT2D eigenvalue weighted by Crippen LogP contribution is -2.17. The second-order valence-electron chi connectivity index (χ2n) is 4.33. The molecule has 0 bridgehead atoms. The Hall–Kier alpha value is -1.00. The highest BCUT2D eigenvalue weighted by Gasteiger charge is 2.20. The van der Waals surface area contributed by atoms with E-state index in [0.717, 1.165) is 17.7 Å². The highest BCUT2D eigenvalue weighted by molar-refractivity contribution is 5.26. The third-order valence-electron chi connectivity index (χ3n) is 2.78. The normalized spacial score (nSPS) is 15.5. The fourth-order valence-electron chi connectivity index (χ4n) is 1.67. The summed E-state index contributed by atoms with van der Waals surface area (Å²) in [6.07, 6.45) is 0.0837. The summed E-state index contributed by atoms with van der Waals surface area (Å²) < 4.78 is 28.9. The Morgan fingerprint density at radius 3 is 2.59 bits per heavy atom. The number of alkyl halides is 2. The highest BCUT2D eigenvalue weighted by Crippen LogP contribution is 2.20. The van der Waals surface area contributed by atoms with Gasteiger partial charge in [0.15, 0.2) is 0 Å². The molecule has 1 aliphatic carbocycles. The maximum absolute atomic E-state index is 12.0. The van der Waals surface area contributed by atoms with Crippen molar-refractivity contribution in [2.45, 2.75) is 38.5 Å².